The second-order valence-electron chi connectivity index (χ2n) is 9.43. The molecule has 0 aliphatic carbocycles. The molecular formula is C28H29Cl2FN2O3. The smallest absolute Gasteiger partial charge is 0.261 e. The molecule has 0 fully saturated rings. The maximum absolute atomic E-state index is 14.1. The molecule has 0 heterocycles. The van der Waals surface area contributed by atoms with Crippen molar-refractivity contribution in [3.63, 3.8) is 0 Å². The van der Waals surface area contributed by atoms with E-state index >= 15 is 0 Å². The van der Waals surface area contributed by atoms with Gasteiger partial charge < -0.3 is 15.0 Å². The van der Waals surface area contributed by atoms with Crippen molar-refractivity contribution in [1.82, 2.24) is 10.2 Å². The molecule has 190 valence electrons. The highest BCUT2D eigenvalue weighted by molar-refractivity contribution is 6.42. The number of rotatable bonds is 9. The summed E-state index contributed by atoms with van der Waals surface area (Å²) in [6.45, 7) is 5.24. The predicted octanol–water partition coefficient (Wildman–Crippen LogP) is 6.07. The van der Waals surface area contributed by atoms with Crippen molar-refractivity contribution in [2.45, 2.75) is 45.3 Å². The zero-order valence-electron chi connectivity index (χ0n) is 20.4. The van der Waals surface area contributed by atoms with Gasteiger partial charge in [-0.1, -0.05) is 71.7 Å². The van der Waals surface area contributed by atoms with Crippen molar-refractivity contribution in [3.8, 4) is 5.75 Å². The Morgan fingerprint density at radius 2 is 1.61 bits per heavy atom. The average molecular weight is 531 g/mol. The van der Waals surface area contributed by atoms with E-state index < -0.39 is 29.9 Å². The van der Waals surface area contributed by atoms with Gasteiger partial charge in [0.2, 0.25) is 5.91 Å². The molecule has 1 N–H and O–H groups in total. The van der Waals surface area contributed by atoms with Crippen LogP contribution in [0.5, 0.6) is 5.75 Å². The van der Waals surface area contributed by atoms with E-state index in [-0.39, 0.29) is 24.6 Å². The third kappa shape index (κ3) is 7.97. The largest absolute Gasteiger partial charge is 0.481 e. The third-order valence-electron chi connectivity index (χ3n) is 5.29. The molecule has 0 aliphatic heterocycles. The lowest BCUT2D eigenvalue weighted by Gasteiger charge is -2.33. The van der Waals surface area contributed by atoms with Gasteiger partial charge in [-0.15, -0.1) is 0 Å². The molecule has 36 heavy (non-hydrogen) atoms. The Labute approximate surface area is 221 Å². The molecule has 1 atom stereocenters. The zero-order valence-corrected chi connectivity index (χ0v) is 21.9. The number of halogens is 3. The average Bonchev–Trinajstić information content (AvgIpc) is 2.82. The molecular weight excluding hydrogens is 502 g/mol. The Morgan fingerprint density at radius 3 is 2.25 bits per heavy atom. The van der Waals surface area contributed by atoms with Crippen molar-refractivity contribution in [2.75, 3.05) is 6.61 Å². The summed E-state index contributed by atoms with van der Waals surface area (Å²) in [5.41, 5.74) is 1.05. The Kier molecular flexibility index (Phi) is 9.35. The number of ether oxygens (including phenoxy) is 1. The van der Waals surface area contributed by atoms with Crippen LogP contribution in [0.15, 0.2) is 72.8 Å². The lowest BCUT2D eigenvalue weighted by molar-refractivity contribution is -0.143. The number of amides is 2. The summed E-state index contributed by atoms with van der Waals surface area (Å²) in [6, 6.07) is 19.5. The molecule has 3 rings (SSSR count). The lowest BCUT2D eigenvalue weighted by Crippen LogP contribution is -2.55. The quantitative estimate of drug-likeness (QED) is 0.365. The van der Waals surface area contributed by atoms with Gasteiger partial charge in [-0.25, -0.2) is 4.39 Å². The van der Waals surface area contributed by atoms with Crippen LogP contribution in [0.1, 0.15) is 31.9 Å². The Morgan fingerprint density at radius 1 is 0.944 bits per heavy atom. The first-order valence-electron chi connectivity index (χ1n) is 11.5. The Bertz CT molecular complexity index is 1200. The van der Waals surface area contributed by atoms with Gasteiger partial charge in [-0.3, -0.25) is 9.59 Å². The molecule has 0 saturated heterocycles. The van der Waals surface area contributed by atoms with Crippen molar-refractivity contribution in [1.29, 1.82) is 0 Å². The first-order valence-corrected chi connectivity index (χ1v) is 12.3. The minimum absolute atomic E-state index is 0.0425. The third-order valence-corrected chi connectivity index (χ3v) is 6.03. The van der Waals surface area contributed by atoms with Crippen LogP contribution < -0.4 is 10.1 Å². The molecule has 0 bridgehead atoms. The standard InChI is InChI=1S/C28H29Cl2FN2O3/c1-28(2,3)32-27(35)24(16-19-9-5-4-6-10-19)33(17-20-13-14-21(29)22(30)15-20)26(34)18-36-25-12-8-7-11-23(25)31/h4-15,24H,16-18H2,1-3H3,(H,32,35)/t24-/m0/s1. The van der Waals surface area contributed by atoms with E-state index in [9.17, 15) is 14.0 Å². The fourth-order valence-electron chi connectivity index (χ4n) is 3.63. The second-order valence-corrected chi connectivity index (χ2v) is 10.2. The van der Waals surface area contributed by atoms with Gasteiger partial charge in [0.1, 0.15) is 6.04 Å². The van der Waals surface area contributed by atoms with Crippen molar-refractivity contribution in [2.24, 2.45) is 0 Å². The normalized spacial score (nSPS) is 12.1. The monoisotopic (exact) mass is 530 g/mol. The van der Waals surface area contributed by atoms with Crippen molar-refractivity contribution in [3.05, 3.63) is 99.8 Å². The lowest BCUT2D eigenvalue weighted by atomic mass is 10.0. The van der Waals surface area contributed by atoms with E-state index in [4.69, 9.17) is 27.9 Å². The second kappa shape index (κ2) is 12.2. The zero-order chi connectivity index (χ0) is 26.3. The van der Waals surface area contributed by atoms with E-state index in [1.54, 1.807) is 24.3 Å². The molecule has 0 aliphatic rings. The van der Waals surface area contributed by atoms with E-state index in [2.05, 4.69) is 5.32 Å². The van der Waals surface area contributed by atoms with E-state index in [0.29, 0.717) is 15.6 Å². The maximum atomic E-state index is 14.1. The molecule has 0 aromatic heterocycles. The van der Waals surface area contributed by atoms with Gasteiger partial charge in [0.05, 0.1) is 10.0 Å². The van der Waals surface area contributed by atoms with Crippen LogP contribution in [-0.2, 0) is 22.6 Å². The number of para-hydroxylation sites is 1. The highest BCUT2D eigenvalue weighted by atomic mass is 35.5. The first kappa shape index (κ1) is 27.5. The minimum Gasteiger partial charge on any atom is -0.481 e. The number of benzene rings is 3. The SMILES string of the molecule is CC(C)(C)NC(=O)[C@H](Cc1ccccc1)N(Cc1ccc(Cl)c(Cl)c1)C(=O)COc1ccccc1F. The number of carbonyl (C=O) groups is 2. The number of hydrogen-bond donors (Lipinski definition) is 1. The number of carbonyl (C=O) groups excluding carboxylic acids is 2. The van der Waals surface area contributed by atoms with Gasteiger partial charge in [0.15, 0.2) is 18.2 Å². The minimum atomic E-state index is -0.863. The van der Waals surface area contributed by atoms with Gasteiger partial charge in [0.25, 0.3) is 5.91 Å². The van der Waals surface area contributed by atoms with Gasteiger partial charge in [0, 0.05) is 18.5 Å². The summed E-state index contributed by atoms with van der Waals surface area (Å²) in [5.74, 6) is -1.41. The van der Waals surface area contributed by atoms with Crippen LogP contribution in [0.25, 0.3) is 0 Å². The van der Waals surface area contributed by atoms with Gasteiger partial charge >= 0.3 is 0 Å². The molecule has 3 aromatic carbocycles. The van der Waals surface area contributed by atoms with E-state index in [0.717, 1.165) is 5.56 Å². The van der Waals surface area contributed by atoms with Crippen LogP contribution in [0, 0.1) is 5.82 Å². The highest BCUT2D eigenvalue weighted by Crippen LogP contribution is 2.25. The van der Waals surface area contributed by atoms with E-state index in [1.807, 2.05) is 51.1 Å². The fourth-order valence-corrected chi connectivity index (χ4v) is 3.95. The van der Waals surface area contributed by atoms with Crippen molar-refractivity contribution < 1.29 is 18.7 Å². The topological polar surface area (TPSA) is 58.6 Å². The maximum Gasteiger partial charge on any atom is 0.261 e. The summed E-state index contributed by atoms with van der Waals surface area (Å²) < 4.78 is 19.6. The number of nitrogens with one attached hydrogen (secondary N) is 1. The van der Waals surface area contributed by atoms with Crippen LogP contribution in [0.3, 0.4) is 0 Å². The molecule has 0 spiro atoms. The summed E-state index contributed by atoms with van der Waals surface area (Å²) in [5, 5.41) is 3.70. The van der Waals surface area contributed by atoms with Crippen molar-refractivity contribution >= 4 is 35.0 Å². The van der Waals surface area contributed by atoms with Crippen LogP contribution in [0.4, 0.5) is 4.39 Å². The van der Waals surface area contributed by atoms with Gasteiger partial charge in [-0.05, 0) is 56.2 Å². The molecule has 0 saturated carbocycles. The predicted molar refractivity (Wildman–Crippen MR) is 141 cm³/mol. The first-order chi connectivity index (χ1) is 17.0. The summed E-state index contributed by atoms with van der Waals surface area (Å²) in [6.07, 6.45) is 0.273. The van der Waals surface area contributed by atoms with Crippen LogP contribution in [0.2, 0.25) is 10.0 Å². The summed E-state index contributed by atoms with van der Waals surface area (Å²) in [4.78, 5) is 28.5. The number of hydrogen-bond acceptors (Lipinski definition) is 3. The number of nitrogens with zero attached hydrogens (tertiary/aromatic N) is 1. The molecule has 0 unspecified atom stereocenters. The Hall–Kier alpha value is -3.09. The molecule has 8 heteroatoms. The van der Waals surface area contributed by atoms with Gasteiger partial charge in [-0.2, -0.15) is 0 Å². The molecule has 2 amide bonds. The molecule has 5 nitrogen and oxygen atoms in total. The Balaban J connectivity index is 1.96. The highest BCUT2D eigenvalue weighted by Gasteiger charge is 2.32. The fraction of sp³-hybridized carbons (Fsp3) is 0.286. The van der Waals surface area contributed by atoms with Crippen LogP contribution >= 0.6 is 23.2 Å². The molecule has 0 radical (unpaired) electrons. The summed E-state index contributed by atoms with van der Waals surface area (Å²) in [7, 11) is 0. The van der Waals surface area contributed by atoms with Crippen LogP contribution in [-0.4, -0.2) is 34.9 Å². The molecule has 3 aromatic rings. The summed E-state index contributed by atoms with van der Waals surface area (Å²) >= 11 is 12.3. The van der Waals surface area contributed by atoms with E-state index in [1.165, 1.54) is 23.1 Å².